The van der Waals surface area contributed by atoms with Crippen LogP contribution in [0.15, 0.2) is 28.7 Å². The van der Waals surface area contributed by atoms with Crippen molar-refractivity contribution >= 4 is 15.9 Å². The van der Waals surface area contributed by atoms with Gasteiger partial charge in [0.05, 0.1) is 0 Å². The Morgan fingerprint density at radius 2 is 2.10 bits per heavy atom. The second-order valence-corrected chi connectivity index (χ2v) is 7.32. The summed E-state index contributed by atoms with van der Waals surface area (Å²) in [5, 5.41) is 0. The van der Waals surface area contributed by atoms with E-state index in [9.17, 15) is 0 Å². The van der Waals surface area contributed by atoms with Crippen LogP contribution in [0.2, 0.25) is 0 Å². The minimum Gasteiger partial charge on any atom is -0.329 e. The fourth-order valence-corrected chi connectivity index (χ4v) is 4.54. The lowest BCUT2D eigenvalue weighted by atomic mass is 9.94. The van der Waals surface area contributed by atoms with Gasteiger partial charge in [0.25, 0.3) is 0 Å². The van der Waals surface area contributed by atoms with Gasteiger partial charge in [-0.1, -0.05) is 40.5 Å². The van der Waals surface area contributed by atoms with Gasteiger partial charge in [0.1, 0.15) is 0 Å². The van der Waals surface area contributed by atoms with Crippen LogP contribution in [0.4, 0.5) is 0 Å². The fourth-order valence-electron chi connectivity index (χ4n) is 4.00. The molecule has 3 nitrogen and oxygen atoms in total. The number of piperazine rings is 1. The van der Waals surface area contributed by atoms with E-state index in [0.29, 0.717) is 18.6 Å². The van der Waals surface area contributed by atoms with E-state index in [-0.39, 0.29) is 0 Å². The monoisotopic (exact) mass is 351 g/mol. The molecule has 3 rings (SSSR count). The van der Waals surface area contributed by atoms with E-state index < -0.39 is 0 Å². The van der Waals surface area contributed by atoms with Gasteiger partial charge in [0.2, 0.25) is 0 Å². The van der Waals surface area contributed by atoms with Crippen LogP contribution >= 0.6 is 15.9 Å². The smallest absolute Gasteiger partial charge is 0.0485 e. The molecule has 21 heavy (non-hydrogen) atoms. The molecule has 2 fully saturated rings. The van der Waals surface area contributed by atoms with Gasteiger partial charge in [0.15, 0.2) is 0 Å². The van der Waals surface area contributed by atoms with Gasteiger partial charge < -0.3 is 5.73 Å². The number of rotatable bonds is 3. The van der Waals surface area contributed by atoms with E-state index >= 15 is 0 Å². The number of nitrogens with two attached hydrogens (primary N) is 1. The van der Waals surface area contributed by atoms with Crippen LogP contribution in [0, 0.1) is 0 Å². The highest BCUT2D eigenvalue weighted by Gasteiger charge is 2.36. The van der Waals surface area contributed by atoms with Crippen molar-refractivity contribution in [3.63, 3.8) is 0 Å². The summed E-state index contributed by atoms with van der Waals surface area (Å²) in [4.78, 5) is 5.32. The predicted molar refractivity (Wildman–Crippen MR) is 91.3 cm³/mol. The van der Waals surface area contributed by atoms with E-state index in [1.807, 2.05) is 0 Å². The molecular formula is C17H26BrN3. The summed E-state index contributed by atoms with van der Waals surface area (Å²) in [6.45, 7) is 6.66. The maximum absolute atomic E-state index is 6.16. The molecule has 3 unspecified atom stereocenters. The van der Waals surface area contributed by atoms with Crippen LogP contribution in [-0.4, -0.2) is 48.1 Å². The molecule has 2 aliphatic rings. The van der Waals surface area contributed by atoms with Crippen molar-refractivity contribution in [1.82, 2.24) is 9.80 Å². The average Bonchev–Trinajstić information content (AvgIpc) is 2.50. The molecule has 2 N–H and O–H groups in total. The summed E-state index contributed by atoms with van der Waals surface area (Å²) >= 11 is 3.70. The normalized spacial score (nSPS) is 29.1. The quantitative estimate of drug-likeness (QED) is 0.908. The van der Waals surface area contributed by atoms with Crippen LogP contribution in [0.5, 0.6) is 0 Å². The summed E-state index contributed by atoms with van der Waals surface area (Å²) in [5.41, 5.74) is 7.49. The van der Waals surface area contributed by atoms with Crippen molar-refractivity contribution < 1.29 is 0 Å². The predicted octanol–water partition coefficient (Wildman–Crippen LogP) is 3.01. The molecule has 4 heteroatoms. The Morgan fingerprint density at radius 3 is 2.86 bits per heavy atom. The van der Waals surface area contributed by atoms with Gasteiger partial charge in [0, 0.05) is 42.2 Å². The fraction of sp³-hybridized carbons (Fsp3) is 0.647. The lowest BCUT2D eigenvalue weighted by molar-refractivity contribution is -0.00680. The van der Waals surface area contributed by atoms with Gasteiger partial charge in [-0.2, -0.15) is 0 Å². The Balaban J connectivity index is 1.81. The highest BCUT2D eigenvalue weighted by atomic mass is 79.9. The lowest BCUT2D eigenvalue weighted by Gasteiger charge is -2.50. The Bertz CT molecular complexity index is 479. The summed E-state index contributed by atoms with van der Waals surface area (Å²) < 4.78 is 1.18. The van der Waals surface area contributed by atoms with Gasteiger partial charge in [-0.05, 0) is 37.9 Å². The third kappa shape index (κ3) is 3.19. The number of hydrogen-bond acceptors (Lipinski definition) is 3. The summed E-state index contributed by atoms with van der Waals surface area (Å²) in [7, 11) is 0. The Hall–Kier alpha value is -0.420. The van der Waals surface area contributed by atoms with Gasteiger partial charge in [-0.15, -0.1) is 0 Å². The van der Waals surface area contributed by atoms with E-state index in [1.54, 1.807) is 0 Å². The molecule has 1 aromatic carbocycles. The SMILES string of the molecule is CC1CN2CCCCC2CN1C(CN)c1ccccc1Br. The van der Waals surface area contributed by atoms with Crippen molar-refractivity contribution in [3.05, 3.63) is 34.3 Å². The minimum atomic E-state index is 0.319. The summed E-state index contributed by atoms with van der Waals surface area (Å²) in [6.07, 6.45) is 4.09. The molecular weight excluding hydrogens is 326 g/mol. The summed E-state index contributed by atoms with van der Waals surface area (Å²) in [6, 6.07) is 10.1. The van der Waals surface area contributed by atoms with Crippen LogP contribution in [0.1, 0.15) is 37.8 Å². The number of halogens is 1. The average molecular weight is 352 g/mol. The first-order valence-electron chi connectivity index (χ1n) is 8.15. The molecule has 2 aliphatic heterocycles. The molecule has 0 aromatic heterocycles. The molecule has 0 saturated carbocycles. The second kappa shape index (κ2) is 6.78. The van der Waals surface area contributed by atoms with E-state index in [4.69, 9.17) is 5.73 Å². The van der Waals surface area contributed by atoms with Crippen molar-refractivity contribution in [1.29, 1.82) is 0 Å². The van der Waals surface area contributed by atoms with Crippen LogP contribution < -0.4 is 5.73 Å². The molecule has 0 radical (unpaired) electrons. The first-order valence-corrected chi connectivity index (χ1v) is 8.94. The first kappa shape index (κ1) is 15.5. The van der Waals surface area contributed by atoms with Crippen molar-refractivity contribution in [2.24, 2.45) is 5.73 Å². The zero-order valence-corrected chi connectivity index (χ0v) is 14.4. The number of nitrogens with zero attached hydrogens (tertiary/aromatic N) is 2. The number of benzene rings is 1. The Kier molecular flexibility index (Phi) is 4.99. The first-order chi connectivity index (χ1) is 10.2. The van der Waals surface area contributed by atoms with Gasteiger partial charge >= 0.3 is 0 Å². The Labute approximate surface area is 136 Å². The van der Waals surface area contributed by atoms with Gasteiger partial charge in [-0.3, -0.25) is 9.80 Å². The van der Waals surface area contributed by atoms with Crippen LogP contribution in [0.25, 0.3) is 0 Å². The third-order valence-corrected chi connectivity index (χ3v) is 5.85. The largest absolute Gasteiger partial charge is 0.329 e. The molecule has 0 aliphatic carbocycles. The van der Waals surface area contributed by atoms with Crippen molar-refractivity contribution in [2.75, 3.05) is 26.2 Å². The topological polar surface area (TPSA) is 32.5 Å². The number of fused-ring (bicyclic) bond motifs is 1. The molecule has 116 valence electrons. The van der Waals surface area contributed by atoms with Gasteiger partial charge in [-0.25, -0.2) is 0 Å². The zero-order valence-electron chi connectivity index (χ0n) is 12.8. The minimum absolute atomic E-state index is 0.319. The summed E-state index contributed by atoms with van der Waals surface area (Å²) in [5.74, 6) is 0. The van der Waals surface area contributed by atoms with E-state index in [0.717, 1.165) is 12.6 Å². The van der Waals surface area contributed by atoms with E-state index in [1.165, 1.54) is 42.4 Å². The maximum atomic E-state index is 6.16. The molecule has 2 heterocycles. The maximum Gasteiger partial charge on any atom is 0.0485 e. The van der Waals surface area contributed by atoms with Crippen LogP contribution in [-0.2, 0) is 0 Å². The van der Waals surface area contributed by atoms with Crippen molar-refractivity contribution in [3.8, 4) is 0 Å². The molecule has 0 spiro atoms. The second-order valence-electron chi connectivity index (χ2n) is 6.46. The molecule has 0 amide bonds. The molecule has 0 bridgehead atoms. The molecule has 2 saturated heterocycles. The number of piperidine rings is 1. The van der Waals surface area contributed by atoms with Crippen LogP contribution in [0.3, 0.4) is 0 Å². The molecule has 3 atom stereocenters. The standard InChI is InChI=1S/C17H26BrN3/c1-13-11-20-9-5-4-6-14(20)12-21(13)17(10-19)15-7-2-3-8-16(15)18/h2-3,7-8,13-14,17H,4-6,9-12,19H2,1H3. The Morgan fingerprint density at radius 1 is 1.29 bits per heavy atom. The number of hydrogen-bond donors (Lipinski definition) is 1. The van der Waals surface area contributed by atoms with Crippen molar-refractivity contribution in [2.45, 2.75) is 44.3 Å². The third-order valence-electron chi connectivity index (χ3n) is 5.12. The lowest BCUT2D eigenvalue weighted by Crippen LogP contribution is -2.60. The highest BCUT2D eigenvalue weighted by Crippen LogP contribution is 2.33. The van der Waals surface area contributed by atoms with E-state index in [2.05, 4.69) is 56.9 Å². The molecule has 1 aromatic rings. The highest BCUT2D eigenvalue weighted by molar-refractivity contribution is 9.10. The zero-order chi connectivity index (χ0) is 14.8.